The molecule has 4 heteroatoms. The number of hydrogen-bond acceptors (Lipinski definition) is 3. The number of ether oxygens (including phenoxy) is 1. The minimum absolute atomic E-state index is 0.292. The van der Waals surface area contributed by atoms with E-state index in [4.69, 9.17) is 9.84 Å². The lowest BCUT2D eigenvalue weighted by Crippen LogP contribution is -2.42. The predicted molar refractivity (Wildman–Crippen MR) is 80.8 cm³/mol. The number of nitrogens with one attached hydrogen (secondary N) is 1. The van der Waals surface area contributed by atoms with Gasteiger partial charge in [0.25, 0.3) is 0 Å². The van der Waals surface area contributed by atoms with Crippen molar-refractivity contribution >= 4 is 10.9 Å². The van der Waals surface area contributed by atoms with Gasteiger partial charge in [-0.2, -0.15) is 5.10 Å². The molecule has 2 atom stereocenters. The fourth-order valence-corrected chi connectivity index (χ4v) is 3.14. The average molecular weight is 273 g/mol. The summed E-state index contributed by atoms with van der Waals surface area (Å²) in [5.41, 5.74) is 2.35. The summed E-state index contributed by atoms with van der Waals surface area (Å²) >= 11 is 0. The number of hydrogen-bond donors (Lipinski definition) is 1. The molecule has 1 fully saturated rings. The lowest BCUT2D eigenvalue weighted by Gasteiger charge is -2.25. The first-order valence-corrected chi connectivity index (χ1v) is 7.35. The molecule has 3 rings (SSSR count). The molecule has 0 aliphatic heterocycles. The molecule has 0 radical (unpaired) electrons. The molecule has 1 aliphatic carbocycles. The highest BCUT2D eigenvalue weighted by Gasteiger charge is 2.36. The van der Waals surface area contributed by atoms with Crippen molar-refractivity contribution in [3.8, 4) is 0 Å². The molecular weight excluding hydrogens is 250 g/mol. The molecule has 0 spiro atoms. The maximum Gasteiger partial charge on any atom is 0.0756 e. The van der Waals surface area contributed by atoms with E-state index in [1.165, 1.54) is 23.7 Å². The minimum atomic E-state index is 0.292. The van der Waals surface area contributed by atoms with Crippen LogP contribution in [0.15, 0.2) is 24.3 Å². The Hall–Kier alpha value is -1.39. The summed E-state index contributed by atoms with van der Waals surface area (Å²) in [5.74, 6) is 0.715. The van der Waals surface area contributed by atoms with E-state index in [9.17, 15) is 0 Å². The lowest BCUT2D eigenvalue weighted by atomic mass is 10.00. The van der Waals surface area contributed by atoms with Crippen LogP contribution >= 0.6 is 0 Å². The van der Waals surface area contributed by atoms with Crippen LogP contribution in [-0.4, -0.2) is 36.1 Å². The highest BCUT2D eigenvalue weighted by molar-refractivity contribution is 5.81. The summed E-state index contributed by atoms with van der Waals surface area (Å²) < 4.78 is 7.69. The van der Waals surface area contributed by atoms with E-state index in [0.717, 1.165) is 12.1 Å². The van der Waals surface area contributed by atoms with Crippen LogP contribution in [0, 0.1) is 5.92 Å². The Morgan fingerprint density at radius 2 is 2.15 bits per heavy atom. The molecule has 0 saturated heterocycles. The van der Waals surface area contributed by atoms with Crippen LogP contribution < -0.4 is 5.32 Å². The SMILES string of the molecule is CNC(Cc1nn(C)c2ccccc12)C(OC)C1CC1. The molecule has 2 aromatic rings. The van der Waals surface area contributed by atoms with E-state index in [1.807, 2.05) is 25.9 Å². The van der Waals surface area contributed by atoms with Crippen molar-refractivity contribution in [1.29, 1.82) is 0 Å². The first-order valence-electron chi connectivity index (χ1n) is 7.35. The van der Waals surface area contributed by atoms with Crippen LogP contribution in [0.2, 0.25) is 0 Å². The Bertz CT molecular complexity index is 588. The second-order valence-corrected chi connectivity index (χ2v) is 5.72. The molecular formula is C16H23N3O. The molecule has 1 saturated carbocycles. The molecule has 1 N–H and O–H groups in total. The van der Waals surface area contributed by atoms with Crippen molar-refractivity contribution in [3.05, 3.63) is 30.0 Å². The third-order valence-electron chi connectivity index (χ3n) is 4.37. The zero-order valence-electron chi connectivity index (χ0n) is 12.5. The van der Waals surface area contributed by atoms with Crippen LogP contribution in [0.25, 0.3) is 10.9 Å². The summed E-state index contributed by atoms with van der Waals surface area (Å²) in [5, 5.41) is 9.37. The van der Waals surface area contributed by atoms with Gasteiger partial charge in [-0.1, -0.05) is 18.2 Å². The third-order valence-corrected chi connectivity index (χ3v) is 4.37. The van der Waals surface area contributed by atoms with Crippen LogP contribution in [0.5, 0.6) is 0 Å². The van der Waals surface area contributed by atoms with Gasteiger partial charge in [0.2, 0.25) is 0 Å². The van der Waals surface area contributed by atoms with Gasteiger partial charge in [0.05, 0.1) is 17.3 Å². The lowest BCUT2D eigenvalue weighted by molar-refractivity contribution is 0.0532. The van der Waals surface area contributed by atoms with Crippen molar-refractivity contribution in [2.45, 2.75) is 31.4 Å². The molecule has 2 unspecified atom stereocenters. The van der Waals surface area contributed by atoms with Crippen molar-refractivity contribution in [3.63, 3.8) is 0 Å². The Morgan fingerprint density at radius 3 is 2.80 bits per heavy atom. The van der Waals surface area contributed by atoms with Gasteiger partial charge in [-0.15, -0.1) is 0 Å². The largest absolute Gasteiger partial charge is 0.380 e. The third kappa shape index (κ3) is 2.45. The van der Waals surface area contributed by atoms with Crippen molar-refractivity contribution in [1.82, 2.24) is 15.1 Å². The zero-order valence-corrected chi connectivity index (χ0v) is 12.5. The second-order valence-electron chi connectivity index (χ2n) is 5.72. The van der Waals surface area contributed by atoms with E-state index in [1.54, 1.807) is 0 Å². The Balaban J connectivity index is 1.87. The first kappa shape index (κ1) is 13.6. The van der Waals surface area contributed by atoms with Gasteiger partial charge in [-0.05, 0) is 31.9 Å². The quantitative estimate of drug-likeness (QED) is 0.876. The molecule has 1 heterocycles. The van der Waals surface area contributed by atoms with Crippen LogP contribution in [0.3, 0.4) is 0 Å². The van der Waals surface area contributed by atoms with E-state index < -0.39 is 0 Å². The summed E-state index contributed by atoms with van der Waals surface area (Å²) in [6.07, 6.45) is 3.78. The Labute approximate surface area is 120 Å². The van der Waals surface area contributed by atoms with Crippen LogP contribution in [0.4, 0.5) is 0 Å². The standard InChI is InChI=1S/C16H23N3O/c1-17-14(16(20-3)11-8-9-11)10-13-12-6-4-5-7-15(12)19(2)18-13/h4-7,11,14,16-17H,8-10H2,1-3H3. The van der Waals surface area contributed by atoms with Gasteiger partial charge in [-0.3, -0.25) is 4.68 Å². The Kier molecular flexibility index (Phi) is 3.76. The zero-order chi connectivity index (χ0) is 14.1. The molecule has 20 heavy (non-hydrogen) atoms. The molecule has 4 nitrogen and oxygen atoms in total. The minimum Gasteiger partial charge on any atom is -0.380 e. The monoisotopic (exact) mass is 273 g/mol. The molecule has 1 aromatic heterocycles. The number of nitrogens with zero attached hydrogens (tertiary/aromatic N) is 2. The van der Waals surface area contributed by atoms with Gasteiger partial charge in [0.15, 0.2) is 0 Å². The second kappa shape index (κ2) is 5.54. The highest BCUT2D eigenvalue weighted by Crippen LogP contribution is 2.36. The van der Waals surface area contributed by atoms with Crippen molar-refractivity contribution in [2.75, 3.05) is 14.2 Å². The topological polar surface area (TPSA) is 39.1 Å². The summed E-state index contributed by atoms with van der Waals surface area (Å²) in [6.45, 7) is 0. The summed E-state index contributed by atoms with van der Waals surface area (Å²) in [4.78, 5) is 0. The predicted octanol–water partition coefficient (Wildman–Crippen LogP) is 2.13. The van der Waals surface area contributed by atoms with Gasteiger partial charge in [0, 0.05) is 32.0 Å². The van der Waals surface area contributed by atoms with Crippen LogP contribution in [-0.2, 0) is 18.2 Å². The van der Waals surface area contributed by atoms with E-state index in [2.05, 4.69) is 29.6 Å². The maximum absolute atomic E-state index is 5.72. The van der Waals surface area contributed by atoms with Crippen LogP contribution in [0.1, 0.15) is 18.5 Å². The highest BCUT2D eigenvalue weighted by atomic mass is 16.5. The fourth-order valence-electron chi connectivity index (χ4n) is 3.14. The maximum atomic E-state index is 5.72. The smallest absolute Gasteiger partial charge is 0.0756 e. The number of aryl methyl sites for hydroxylation is 1. The number of benzene rings is 1. The molecule has 1 aromatic carbocycles. The summed E-state index contributed by atoms with van der Waals surface area (Å²) in [6, 6.07) is 8.74. The van der Waals surface area contributed by atoms with E-state index in [-0.39, 0.29) is 0 Å². The van der Waals surface area contributed by atoms with Crippen molar-refractivity contribution in [2.24, 2.45) is 13.0 Å². The molecule has 108 valence electrons. The number of rotatable bonds is 6. The molecule has 0 bridgehead atoms. The van der Waals surface area contributed by atoms with E-state index in [0.29, 0.717) is 18.1 Å². The van der Waals surface area contributed by atoms with Gasteiger partial charge >= 0.3 is 0 Å². The number of aromatic nitrogens is 2. The molecule has 0 amide bonds. The molecule has 1 aliphatic rings. The number of para-hydroxylation sites is 1. The Morgan fingerprint density at radius 1 is 1.40 bits per heavy atom. The van der Waals surface area contributed by atoms with E-state index >= 15 is 0 Å². The number of fused-ring (bicyclic) bond motifs is 1. The van der Waals surface area contributed by atoms with Gasteiger partial charge in [-0.25, -0.2) is 0 Å². The first-order chi connectivity index (χ1) is 9.74. The number of likely N-dealkylation sites (N-methyl/N-ethyl adjacent to an activating group) is 1. The fraction of sp³-hybridized carbons (Fsp3) is 0.562. The summed E-state index contributed by atoms with van der Waals surface area (Å²) in [7, 11) is 5.85. The van der Waals surface area contributed by atoms with Gasteiger partial charge in [0.1, 0.15) is 0 Å². The van der Waals surface area contributed by atoms with Gasteiger partial charge < -0.3 is 10.1 Å². The average Bonchev–Trinajstić information content (AvgIpc) is 3.25. The normalized spacial score (nSPS) is 18.4. The number of methoxy groups -OCH3 is 1. The van der Waals surface area contributed by atoms with Crippen molar-refractivity contribution < 1.29 is 4.74 Å².